The molecule has 3 rings (SSSR count). The fourth-order valence-corrected chi connectivity index (χ4v) is 3.99. The predicted octanol–water partition coefficient (Wildman–Crippen LogP) is 3.33. The van der Waals surface area contributed by atoms with Crippen molar-refractivity contribution in [2.24, 2.45) is 0 Å². The van der Waals surface area contributed by atoms with E-state index in [4.69, 9.17) is 0 Å². The molecule has 24 heavy (non-hydrogen) atoms. The predicted molar refractivity (Wildman–Crippen MR) is 102 cm³/mol. The highest BCUT2D eigenvalue weighted by atomic mass is 32.1. The summed E-state index contributed by atoms with van der Waals surface area (Å²) < 4.78 is 0. The molecule has 3 nitrogen and oxygen atoms in total. The molecule has 1 atom stereocenters. The average Bonchev–Trinajstić information content (AvgIpc) is 3.11. The van der Waals surface area contributed by atoms with Gasteiger partial charge in [-0.15, -0.1) is 11.3 Å². The summed E-state index contributed by atoms with van der Waals surface area (Å²) in [6.07, 6.45) is 5.30. The summed E-state index contributed by atoms with van der Waals surface area (Å²) in [6.45, 7) is 5.44. The van der Waals surface area contributed by atoms with Gasteiger partial charge < -0.3 is 5.11 Å². The van der Waals surface area contributed by atoms with Crippen LogP contribution in [-0.2, 0) is 6.54 Å². The Balaban J connectivity index is 1.53. The normalized spacial score (nSPS) is 20.0. The molecule has 0 aliphatic carbocycles. The maximum atomic E-state index is 9.42. The Labute approximate surface area is 148 Å². The van der Waals surface area contributed by atoms with Crippen molar-refractivity contribution in [2.75, 3.05) is 32.8 Å². The van der Waals surface area contributed by atoms with Crippen LogP contribution in [0.4, 0.5) is 0 Å². The third-order valence-electron chi connectivity index (χ3n) is 4.56. The van der Waals surface area contributed by atoms with Gasteiger partial charge in [-0.3, -0.25) is 9.80 Å². The molecule has 1 aromatic carbocycles. The first-order valence-electron chi connectivity index (χ1n) is 8.66. The molecule has 0 unspecified atom stereocenters. The third kappa shape index (κ3) is 5.02. The van der Waals surface area contributed by atoms with Gasteiger partial charge in [-0.05, 0) is 23.4 Å². The smallest absolute Gasteiger partial charge is 0.0446 e. The lowest BCUT2D eigenvalue weighted by atomic mass is 10.1. The van der Waals surface area contributed by atoms with E-state index >= 15 is 0 Å². The van der Waals surface area contributed by atoms with E-state index in [2.05, 4.69) is 63.7 Å². The van der Waals surface area contributed by atoms with Gasteiger partial charge >= 0.3 is 0 Å². The van der Waals surface area contributed by atoms with Crippen molar-refractivity contribution in [3.8, 4) is 0 Å². The molecule has 0 spiro atoms. The van der Waals surface area contributed by atoms with Crippen molar-refractivity contribution < 1.29 is 5.11 Å². The van der Waals surface area contributed by atoms with Gasteiger partial charge in [-0.2, -0.15) is 0 Å². The maximum absolute atomic E-state index is 9.42. The first-order chi connectivity index (χ1) is 11.8. The number of aliphatic hydroxyl groups is 1. The highest BCUT2D eigenvalue weighted by Crippen LogP contribution is 2.19. The second kappa shape index (κ2) is 9.14. The monoisotopic (exact) mass is 342 g/mol. The van der Waals surface area contributed by atoms with Crippen LogP contribution in [0.25, 0.3) is 6.08 Å². The Bertz CT molecular complexity index is 612. The maximum Gasteiger partial charge on any atom is 0.0446 e. The van der Waals surface area contributed by atoms with Crippen LogP contribution in [0.1, 0.15) is 16.9 Å². The molecule has 1 aliphatic heterocycles. The minimum absolute atomic E-state index is 0.263. The van der Waals surface area contributed by atoms with E-state index < -0.39 is 0 Å². The molecule has 2 heterocycles. The Morgan fingerprint density at radius 2 is 2.00 bits per heavy atom. The van der Waals surface area contributed by atoms with Crippen molar-refractivity contribution >= 4 is 17.4 Å². The molecule has 1 aromatic heterocycles. The molecule has 4 heteroatoms. The first kappa shape index (κ1) is 17.4. The van der Waals surface area contributed by atoms with Crippen LogP contribution >= 0.6 is 11.3 Å². The molecule has 0 bridgehead atoms. The lowest BCUT2D eigenvalue weighted by molar-refractivity contribution is 0.0604. The molecule has 1 saturated heterocycles. The van der Waals surface area contributed by atoms with E-state index in [1.807, 2.05) is 17.4 Å². The van der Waals surface area contributed by atoms with Crippen molar-refractivity contribution in [2.45, 2.75) is 19.0 Å². The zero-order valence-corrected chi connectivity index (χ0v) is 14.9. The first-order valence-corrected chi connectivity index (χ1v) is 9.54. The molecular weight excluding hydrogens is 316 g/mol. The molecule has 1 fully saturated rings. The SMILES string of the molecule is OCC[C@@H]1CN(C/C=C/c2ccccc2)CCN1Cc1cccs1. The largest absolute Gasteiger partial charge is 0.396 e. The Kier molecular flexibility index (Phi) is 6.61. The van der Waals surface area contributed by atoms with E-state index in [-0.39, 0.29) is 6.61 Å². The Morgan fingerprint density at radius 1 is 1.12 bits per heavy atom. The fourth-order valence-electron chi connectivity index (χ4n) is 3.26. The van der Waals surface area contributed by atoms with E-state index in [0.29, 0.717) is 6.04 Å². The number of aliphatic hydroxyl groups excluding tert-OH is 1. The van der Waals surface area contributed by atoms with Crippen molar-refractivity contribution in [1.29, 1.82) is 0 Å². The van der Waals surface area contributed by atoms with E-state index in [1.165, 1.54) is 10.4 Å². The van der Waals surface area contributed by atoms with Crippen LogP contribution < -0.4 is 0 Å². The van der Waals surface area contributed by atoms with Gasteiger partial charge in [0.25, 0.3) is 0 Å². The molecule has 0 radical (unpaired) electrons. The standard InChI is InChI=1S/C20H26N2OS/c23-14-10-19-16-21(11-4-8-18-6-2-1-3-7-18)12-13-22(19)17-20-9-5-15-24-20/h1-9,15,19,23H,10-14,16-17H2/b8-4+/t19-/m1/s1. The summed E-state index contributed by atoms with van der Waals surface area (Å²) in [6, 6.07) is 15.2. The highest BCUT2D eigenvalue weighted by molar-refractivity contribution is 7.09. The molecule has 0 saturated carbocycles. The van der Waals surface area contributed by atoms with Gasteiger partial charge in [-0.1, -0.05) is 48.6 Å². The number of hydrogen-bond acceptors (Lipinski definition) is 4. The summed E-state index contributed by atoms with van der Waals surface area (Å²) in [5.41, 5.74) is 1.25. The second-order valence-corrected chi connectivity index (χ2v) is 7.32. The Hall–Kier alpha value is -1.46. The molecule has 128 valence electrons. The summed E-state index contributed by atoms with van der Waals surface area (Å²) in [7, 11) is 0. The van der Waals surface area contributed by atoms with Gasteiger partial charge in [0.2, 0.25) is 0 Å². The van der Waals surface area contributed by atoms with Gasteiger partial charge in [0, 0.05) is 50.2 Å². The van der Waals surface area contributed by atoms with Crippen LogP contribution in [0, 0.1) is 0 Å². The lowest BCUT2D eigenvalue weighted by Crippen LogP contribution is -2.52. The Morgan fingerprint density at radius 3 is 2.75 bits per heavy atom. The topological polar surface area (TPSA) is 26.7 Å². The number of rotatable bonds is 7. The minimum atomic E-state index is 0.263. The van der Waals surface area contributed by atoms with E-state index in [9.17, 15) is 5.11 Å². The summed E-state index contributed by atoms with van der Waals surface area (Å²) in [5, 5.41) is 11.6. The quantitative estimate of drug-likeness (QED) is 0.836. The van der Waals surface area contributed by atoms with Crippen LogP contribution in [0.2, 0.25) is 0 Å². The zero-order valence-electron chi connectivity index (χ0n) is 14.1. The molecular formula is C20H26N2OS. The van der Waals surface area contributed by atoms with E-state index in [1.54, 1.807) is 0 Å². The van der Waals surface area contributed by atoms with Crippen molar-refractivity contribution in [3.63, 3.8) is 0 Å². The molecule has 0 amide bonds. The lowest BCUT2D eigenvalue weighted by Gasteiger charge is -2.41. The van der Waals surface area contributed by atoms with Crippen LogP contribution in [0.15, 0.2) is 53.9 Å². The number of hydrogen-bond donors (Lipinski definition) is 1. The molecule has 1 N–H and O–H groups in total. The summed E-state index contributed by atoms with van der Waals surface area (Å²) in [5.74, 6) is 0. The van der Waals surface area contributed by atoms with E-state index in [0.717, 1.165) is 39.1 Å². The van der Waals surface area contributed by atoms with Gasteiger partial charge in [-0.25, -0.2) is 0 Å². The highest BCUT2D eigenvalue weighted by Gasteiger charge is 2.26. The molecule has 1 aliphatic rings. The summed E-state index contributed by atoms with van der Waals surface area (Å²) in [4.78, 5) is 6.43. The van der Waals surface area contributed by atoms with Gasteiger partial charge in [0.1, 0.15) is 0 Å². The van der Waals surface area contributed by atoms with Crippen LogP contribution in [0.3, 0.4) is 0 Å². The number of piperazine rings is 1. The van der Waals surface area contributed by atoms with Crippen molar-refractivity contribution in [3.05, 3.63) is 64.4 Å². The van der Waals surface area contributed by atoms with Gasteiger partial charge in [0.05, 0.1) is 0 Å². The molecule has 2 aromatic rings. The van der Waals surface area contributed by atoms with Crippen LogP contribution in [-0.4, -0.2) is 53.7 Å². The number of benzene rings is 1. The third-order valence-corrected chi connectivity index (χ3v) is 5.42. The average molecular weight is 343 g/mol. The van der Waals surface area contributed by atoms with Crippen molar-refractivity contribution in [1.82, 2.24) is 9.80 Å². The number of thiophene rings is 1. The van der Waals surface area contributed by atoms with Gasteiger partial charge in [0.15, 0.2) is 0 Å². The zero-order chi connectivity index (χ0) is 16.6. The minimum Gasteiger partial charge on any atom is -0.396 e. The number of nitrogens with zero attached hydrogens (tertiary/aromatic N) is 2. The fraction of sp³-hybridized carbons (Fsp3) is 0.400. The summed E-state index contributed by atoms with van der Waals surface area (Å²) >= 11 is 1.82. The van der Waals surface area contributed by atoms with Crippen LogP contribution in [0.5, 0.6) is 0 Å². The second-order valence-electron chi connectivity index (χ2n) is 6.29.